The van der Waals surface area contributed by atoms with Crippen molar-refractivity contribution in [1.29, 1.82) is 0 Å². The van der Waals surface area contributed by atoms with Crippen LogP contribution in [0.15, 0.2) is 104 Å². The number of thioether (sulfide) groups is 1. The number of ketones is 1. The summed E-state index contributed by atoms with van der Waals surface area (Å²) in [6.45, 7) is 0. The molecule has 0 aliphatic carbocycles. The number of halogens is 1. The molecule has 11 heteroatoms. The van der Waals surface area contributed by atoms with Gasteiger partial charge in [0.1, 0.15) is 5.03 Å². The van der Waals surface area contributed by atoms with E-state index in [0.717, 1.165) is 14.6 Å². The van der Waals surface area contributed by atoms with Crippen LogP contribution in [0.25, 0.3) is 10.2 Å². The first-order chi connectivity index (χ1) is 18.4. The number of aliphatic imine (C=N–C) groups is 1. The fourth-order valence-electron chi connectivity index (χ4n) is 3.39. The second-order valence-electron chi connectivity index (χ2n) is 7.86. The molecule has 0 N–H and O–H groups in total. The zero-order chi connectivity index (χ0) is 26.5. The van der Waals surface area contributed by atoms with E-state index in [4.69, 9.17) is 11.6 Å². The van der Waals surface area contributed by atoms with Gasteiger partial charge in [-0.15, -0.1) is 11.3 Å². The number of benzene rings is 3. The fraction of sp³-hybridized carbons (Fsp3) is 0.0370. The molecule has 0 saturated heterocycles. The number of fused-ring (bicyclic) bond motifs is 1. The lowest BCUT2D eigenvalue weighted by molar-refractivity contribution is -0.387. The molecule has 0 unspecified atom stereocenters. The van der Waals surface area contributed by atoms with Gasteiger partial charge in [0.05, 0.1) is 31.5 Å². The molecule has 0 fully saturated rings. The lowest BCUT2D eigenvalue weighted by atomic mass is 10.1. The van der Waals surface area contributed by atoms with E-state index in [2.05, 4.69) is 15.0 Å². The smallest absolute Gasteiger partial charge is 0.283 e. The minimum Gasteiger partial charge on any atom is -0.293 e. The first-order valence-corrected chi connectivity index (χ1v) is 14.2. The Labute approximate surface area is 235 Å². The molecular formula is C27H17ClN4O3S3. The van der Waals surface area contributed by atoms with Crippen molar-refractivity contribution >= 4 is 80.1 Å². The third-order valence-electron chi connectivity index (χ3n) is 5.24. The average molecular weight is 577 g/mol. The third kappa shape index (κ3) is 6.46. The van der Waals surface area contributed by atoms with Gasteiger partial charge in [-0.25, -0.2) is 9.97 Å². The van der Waals surface area contributed by atoms with Crippen molar-refractivity contribution in [3.63, 3.8) is 0 Å². The van der Waals surface area contributed by atoms with E-state index in [1.807, 2.05) is 24.3 Å². The highest BCUT2D eigenvalue weighted by molar-refractivity contribution is 8.01. The number of aromatic nitrogens is 2. The van der Waals surface area contributed by atoms with E-state index < -0.39 is 4.92 Å². The molecule has 0 bridgehead atoms. The molecular weight excluding hydrogens is 560 g/mol. The molecule has 0 amide bonds. The maximum absolute atomic E-state index is 12.4. The number of nitrogens with zero attached hydrogens (tertiary/aromatic N) is 4. The van der Waals surface area contributed by atoms with E-state index in [9.17, 15) is 14.9 Å². The summed E-state index contributed by atoms with van der Waals surface area (Å²) in [6, 6.07) is 22.9. The summed E-state index contributed by atoms with van der Waals surface area (Å²) in [4.78, 5) is 37.6. The largest absolute Gasteiger partial charge is 0.293 e. The predicted molar refractivity (Wildman–Crippen MR) is 155 cm³/mol. The van der Waals surface area contributed by atoms with Gasteiger partial charge in [-0.05, 0) is 66.2 Å². The summed E-state index contributed by atoms with van der Waals surface area (Å²) >= 11 is 10.0. The lowest BCUT2D eigenvalue weighted by Gasteiger charge is -2.03. The summed E-state index contributed by atoms with van der Waals surface area (Å²) < 4.78 is 1.73. The number of pyridine rings is 1. The van der Waals surface area contributed by atoms with E-state index in [-0.39, 0.29) is 17.2 Å². The summed E-state index contributed by atoms with van der Waals surface area (Å²) in [5, 5.41) is 12.9. The summed E-state index contributed by atoms with van der Waals surface area (Å²) in [5.41, 5.74) is 2.75. The Kier molecular flexibility index (Phi) is 8.14. The first-order valence-electron chi connectivity index (χ1n) is 11.2. The van der Waals surface area contributed by atoms with Crippen LogP contribution in [0.2, 0.25) is 5.02 Å². The minimum absolute atomic E-state index is 0.00248. The highest BCUT2D eigenvalue weighted by atomic mass is 35.5. The topological polar surface area (TPSA) is 98.3 Å². The Hall–Kier alpha value is -3.57. The average Bonchev–Trinajstić information content (AvgIpc) is 3.34. The molecule has 7 nitrogen and oxygen atoms in total. The van der Waals surface area contributed by atoms with Gasteiger partial charge in [-0.3, -0.25) is 19.9 Å². The Balaban J connectivity index is 1.28. The van der Waals surface area contributed by atoms with Crippen molar-refractivity contribution in [3.8, 4) is 0 Å². The molecule has 0 aliphatic heterocycles. The molecule has 3 aromatic carbocycles. The molecule has 5 aromatic rings. The predicted octanol–water partition coefficient (Wildman–Crippen LogP) is 8.13. The fourth-order valence-corrected chi connectivity index (χ4v) is 6.38. The van der Waals surface area contributed by atoms with Gasteiger partial charge in [0.2, 0.25) is 0 Å². The van der Waals surface area contributed by atoms with E-state index >= 15 is 0 Å². The van der Waals surface area contributed by atoms with Crippen LogP contribution in [0.4, 0.5) is 11.4 Å². The van der Waals surface area contributed by atoms with Crippen LogP contribution in [0, 0.1) is 10.1 Å². The lowest BCUT2D eigenvalue weighted by Crippen LogP contribution is -2.01. The van der Waals surface area contributed by atoms with Crippen LogP contribution in [0.1, 0.15) is 15.9 Å². The van der Waals surface area contributed by atoms with E-state index in [1.165, 1.54) is 40.9 Å². The second-order valence-corrected chi connectivity index (χ2v) is 11.6. The van der Waals surface area contributed by atoms with Gasteiger partial charge in [0.15, 0.2) is 10.1 Å². The number of rotatable bonds is 9. The van der Waals surface area contributed by atoms with Crippen molar-refractivity contribution in [1.82, 2.24) is 9.97 Å². The normalized spacial score (nSPS) is 11.3. The van der Waals surface area contributed by atoms with Crippen molar-refractivity contribution < 1.29 is 9.72 Å². The van der Waals surface area contributed by atoms with Crippen molar-refractivity contribution in [2.24, 2.45) is 4.99 Å². The summed E-state index contributed by atoms with van der Waals surface area (Å²) in [6.07, 6.45) is 3.25. The number of nitro benzene ring substituents is 1. The highest BCUT2D eigenvalue weighted by Gasteiger charge is 2.16. The standard InChI is InChI=1S/C27H17ClN4O3S3/c28-19-7-5-18(6-8-19)23(33)16-36-27-31-21-10-9-20(14-25(21)38-27)30-15-17-4-11-24(22(13-17)32(34)35)37-26-3-1-2-12-29-26/h1-15H,16H2. The number of hydrogen-bond donors (Lipinski definition) is 0. The quantitative estimate of drug-likeness (QED) is 0.0574. The van der Waals surface area contributed by atoms with Gasteiger partial charge >= 0.3 is 0 Å². The van der Waals surface area contributed by atoms with Gasteiger partial charge < -0.3 is 0 Å². The molecule has 0 aliphatic rings. The molecule has 0 saturated carbocycles. The van der Waals surface area contributed by atoms with Crippen LogP contribution >= 0.6 is 46.5 Å². The number of thiazole rings is 1. The van der Waals surface area contributed by atoms with Crippen LogP contribution in [0.3, 0.4) is 0 Å². The highest BCUT2D eigenvalue weighted by Crippen LogP contribution is 2.35. The molecule has 38 heavy (non-hydrogen) atoms. The zero-order valence-corrected chi connectivity index (χ0v) is 22.7. The van der Waals surface area contributed by atoms with Crippen LogP contribution < -0.4 is 0 Å². The Morgan fingerprint density at radius 3 is 2.68 bits per heavy atom. The monoisotopic (exact) mass is 576 g/mol. The van der Waals surface area contributed by atoms with Gasteiger partial charge in [-0.1, -0.05) is 47.3 Å². The van der Waals surface area contributed by atoms with Crippen molar-refractivity contribution in [3.05, 3.63) is 111 Å². The number of Topliss-reactive ketones (excluding diaryl/α,β-unsaturated/α-hetero) is 1. The van der Waals surface area contributed by atoms with Crippen LogP contribution in [0.5, 0.6) is 0 Å². The Bertz CT molecular complexity index is 1660. The molecule has 2 heterocycles. The minimum atomic E-state index is -0.400. The first kappa shape index (κ1) is 26.1. The second kappa shape index (κ2) is 11.9. The summed E-state index contributed by atoms with van der Waals surface area (Å²) in [5.74, 6) is 0.287. The van der Waals surface area contributed by atoms with E-state index in [0.29, 0.717) is 31.8 Å². The SMILES string of the molecule is O=C(CSc1nc2ccc(N=Cc3ccc(Sc4ccccn4)c([N+](=O)[O-])c3)cc2s1)c1ccc(Cl)cc1. The zero-order valence-electron chi connectivity index (χ0n) is 19.5. The number of carbonyl (C=O) groups is 1. The van der Waals surface area contributed by atoms with Crippen LogP contribution in [-0.4, -0.2) is 32.6 Å². The van der Waals surface area contributed by atoms with Crippen molar-refractivity contribution in [2.75, 3.05) is 5.75 Å². The van der Waals surface area contributed by atoms with Gasteiger partial charge in [-0.2, -0.15) is 0 Å². The number of hydrogen-bond acceptors (Lipinski definition) is 9. The molecule has 0 spiro atoms. The summed E-state index contributed by atoms with van der Waals surface area (Å²) in [7, 11) is 0. The maximum atomic E-state index is 12.4. The Morgan fingerprint density at radius 2 is 1.92 bits per heavy atom. The van der Waals surface area contributed by atoms with Crippen molar-refractivity contribution in [2.45, 2.75) is 14.3 Å². The molecule has 188 valence electrons. The maximum Gasteiger partial charge on any atom is 0.283 e. The number of nitro groups is 1. The molecule has 0 atom stereocenters. The molecule has 5 rings (SSSR count). The van der Waals surface area contributed by atoms with Crippen LogP contribution in [-0.2, 0) is 0 Å². The number of carbonyl (C=O) groups excluding carboxylic acids is 1. The van der Waals surface area contributed by atoms with E-state index in [1.54, 1.807) is 60.9 Å². The van der Waals surface area contributed by atoms with Gasteiger partial charge in [0, 0.05) is 29.1 Å². The molecule has 2 aromatic heterocycles. The Morgan fingerprint density at radius 1 is 1.08 bits per heavy atom. The van der Waals surface area contributed by atoms with Gasteiger partial charge in [0.25, 0.3) is 5.69 Å². The molecule has 0 radical (unpaired) electrons. The third-order valence-corrected chi connectivity index (χ3v) is 8.67.